The van der Waals surface area contributed by atoms with Crippen LogP contribution in [0, 0.1) is 0 Å². The summed E-state index contributed by atoms with van der Waals surface area (Å²) in [5.74, 6) is -1.06. The minimum absolute atomic E-state index is 0.0508. The number of carbonyl (C=O) groups is 1. The molecule has 1 aromatic rings. The van der Waals surface area contributed by atoms with E-state index in [-0.39, 0.29) is 5.56 Å². The van der Waals surface area contributed by atoms with Crippen molar-refractivity contribution in [2.24, 2.45) is 0 Å². The predicted molar refractivity (Wildman–Crippen MR) is 67.2 cm³/mol. The first-order valence-corrected chi connectivity index (χ1v) is 6.36. The molecule has 0 spiro atoms. The Morgan fingerprint density at radius 2 is 1.70 bits per heavy atom. The predicted octanol–water partition coefficient (Wildman–Crippen LogP) is 3.94. The molecule has 0 saturated carbocycles. The Morgan fingerprint density at radius 1 is 1.15 bits per heavy atom. The quantitative estimate of drug-likeness (QED) is 0.588. The van der Waals surface area contributed by atoms with Crippen LogP contribution in [-0.4, -0.2) is 24.5 Å². The molecule has 0 saturated heterocycles. The van der Waals surface area contributed by atoms with Gasteiger partial charge in [0.2, 0.25) is 0 Å². The third-order valence-corrected chi connectivity index (χ3v) is 2.72. The lowest BCUT2D eigenvalue weighted by atomic mass is 10.2. The van der Waals surface area contributed by atoms with Crippen LogP contribution in [0.1, 0.15) is 37.0 Å². The van der Waals surface area contributed by atoms with E-state index < -0.39 is 24.5 Å². The molecule has 0 aliphatic carbocycles. The van der Waals surface area contributed by atoms with Crippen LogP contribution in [0.25, 0.3) is 0 Å². The molecule has 0 radical (unpaired) electrons. The van der Waals surface area contributed by atoms with Crippen LogP contribution in [-0.2, 0) is 9.47 Å². The van der Waals surface area contributed by atoms with Gasteiger partial charge in [0.05, 0.1) is 11.7 Å². The van der Waals surface area contributed by atoms with Crippen molar-refractivity contribution in [2.45, 2.75) is 45.3 Å². The van der Waals surface area contributed by atoms with Crippen molar-refractivity contribution in [3.05, 3.63) is 35.9 Å². The van der Waals surface area contributed by atoms with Crippen LogP contribution in [0.5, 0.6) is 0 Å². The van der Waals surface area contributed by atoms with Gasteiger partial charge in [-0.05, 0) is 25.0 Å². The zero-order valence-electron chi connectivity index (χ0n) is 11.3. The smallest absolute Gasteiger partial charge is 0.422 e. The van der Waals surface area contributed by atoms with Crippen LogP contribution in [0.15, 0.2) is 30.3 Å². The Kier molecular flexibility index (Phi) is 6.01. The second-order valence-electron chi connectivity index (χ2n) is 4.22. The minimum Gasteiger partial charge on any atom is -0.422 e. The summed E-state index contributed by atoms with van der Waals surface area (Å²) in [4.78, 5) is 11.7. The minimum atomic E-state index is -4.76. The van der Waals surface area contributed by atoms with Gasteiger partial charge in [0, 0.05) is 0 Å². The first-order chi connectivity index (χ1) is 9.38. The van der Waals surface area contributed by atoms with E-state index in [4.69, 9.17) is 4.74 Å². The molecule has 0 unspecified atom stereocenters. The molecular weight excluding hydrogens is 273 g/mol. The zero-order valence-corrected chi connectivity index (χ0v) is 11.3. The summed E-state index contributed by atoms with van der Waals surface area (Å²) in [6.07, 6.45) is -7.09. The highest BCUT2D eigenvalue weighted by Crippen LogP contribution is 2.27. The summed E-state index contributed by atoms with van der Waals surface area (Å²) >= 11 is 0. The summed E-state index contributed by atoms with van der Waals surface area (Å²) in [5, 5.41) is 0. The van der Waals surface area contributed by atoms with Gasteiger partial charge in [0.15, 0.2) is 0 Å². The van der Waals surface area contributed by atoms with E-state index in [2.05, 4.69) is 4.74 Å². The van der Waals surface area contributed by atoms with Crippen molar-refractivity contribution in [3.63, 3.8) is 0 Å². The van der Waals surface area contributed by atoms with Gasteiger partial charge in [-0.25, -0.2) is 4.79 Å². The summed E-state index contributed by atoms with van der Waals surface area (Å²) < 4.78 is 47.8. The van der Waals surface area contributed by atoms with Gasteiger partial charge in [-0.2, -0.15) is 13.2 Å². The Labute approximate surface area is 115 Å². The molecule has 0 heterocycles. The molecule has 0 amide bonds. The molecular formula is C14H17F3O3. The van der Waals surface area contributed by atoms with Gasteiger partial charge in [-0.15, -0.1) is 0 Å². The van der Waals surface area contributed by atoms with E-state index in [0.717, 1.165) is 0 Å². The molecule has 0 N–H and O–H groups in total. The number of alkyl halides is 3. The highest BCUT2D eigenvalue weighted by molar-refractivity contribution is 5.89. The van der Waals surface area contributed by atoms with Gasteiger partial charge in [-0.3, -0.25) is 0 Å². The van der Waals surface area contributed by atoms with Gasteiger partial charge >= 0.3 is 18.4 Å². The van der Waals surface area contributed by atoms with Crippen LogP contribution >= 0.6 is 0 Å². The van der Waals surface area contributed by atoms with E-state index in [1.54, 1.807) is 32.0 Å². The number of ether oxygens (including phenoxy) is 2. The fraction of sp³-hybridized carbons (Fsp3) is 0.500. The maximum atomic E-state index is 12.8. The van der Waals surface area contributed by atoms with Crippen LogP contribution in [0.3, 0.4) is 0 Å². The lowest BCUT2D eigenvalue weighted by molar-refractivity contribution is -0.304. The molecule has 0 aliphatic rings. The number of hydrogen-bond donors (Lipinski definition) is 0. The maximum Gasteiger partial charge on any atom is 0.452 e. The van der Waals surface area contributed by atoms with Crippen molar-refractivity contribution >= 4 is 5.97 Å². The molecule has 1 aromatic carbocycles. The monoisotopic (exact) mass is 290 g/mol. The molecule has 1 rings (SSSR count). The molecule has 3 nitrogen and oxygen atoms in total. The SMILES string of the molecule is CCC(CC)O[C@@H](OC(=O)c1ccccc1)C(F)(F)F. The van der Waals surface area contributed by atoms with Crippen molar-refractivity contribution in [3.8, 4) is 0 Å². The van der Waals surface area contributed by atoms with Gasteiger partial charge in [0.1, 0.15) is 0 Å². The second-order valence-corrected chi connectivity index (χ2v) is 4.22. The molecule has 112 valence electrons. The van der Waals surface area contributed by atoms with E-state index >= 15 is 0 Å². The molecule has 6 heteroatoms. The molecule has 20 heavy (non-hydrogen) atoms. The number of benzene rings is 1. The fourth-order valence-electron chi connectivity index (χ4n) is 1.57. The number of halogens is 3. The number of carbonyl (C=O) groups excluding carboxylic acids is 1. The van der Waals surface area contributed by atoms with E-state index in [1.807, 2.05) is 0 Å². The zero-order chi connectivity index (χ0) is 15.2. The average Bonchev–Trinajstić information content (AvgIpc) is 2.43. The topological polar surface area (TPSA) is 35.5 Å². The summed E-state index contributed by atoms with van der Waals surface area (Å²) in [7, 11) is 0. The van der Waals surface area contributed by atoms with Gasteiger partial charge < -0.3 is 9.47 Å². The van der Waals surface area contributed by atoms with Crippen molar-refractivity contribution in [2.75, 3.05) is 0 Å². The van der Waals surface area contributed by atoms with Crippen molar-refractivity contribution in [1.29, 1.82) is 0 Å². The van der Waals surface area contributed by atoms with Crippen LogP contribution < -0.4 is 0 Å². The van der Waals surface area contributed by atoms with Crippen LogP contribution in [0.2, 0.25) is 0 Å². The van der Waals surface area contributed by atoms with E-state index in [9.17, 15) is 18.0 Å². The van der Waals surface area contributed by atoms with E-state index in [0.29, 0.717) is 12.8 Å². The third kappa shape index (κ3) is 4.85. The number of rotatable bonds is 6. The Bertz CT molecular complexity index is 413. The van der Waals surface area contributed by atoms with E-state index in [1.165, 1.54) is 12.1 Å². The first-order valence-electron chi connectivity index (χ1n) is 6.36. The maximum absolute atomic E-state index is 12.8. The Morgan fingerprint density at radius 3 is 2.15 bits per heavy atom. The largest absolute Gasteiger partial charge is 0.452 e. The molecule has 0 bridgehead atoms. The normalized spacial score (nSPS) is 13.3. The fourth-order valence-corrected chi connectivity index (χ4v) is 1.57. The lowest BCUT2D eigenvalue weighted by Gasteiger charge is -2.25. The first kappa shape index (κ1) is 16.5. The third-order valence-electron chi connectivity index (χ3n) is 2.72. The number of hydrogen-bond acceptors (Lipinski definition) is 3. The molecule has 1 atom stereocenters. The Balaban J connectivity index is 2.78. The number of esters is 1. The highest BCUT2D eigenvalue weighted by atomic mass is 19.4. The standard InChI is InChI=1S/C14H17F3O3/c1-3-11(4-2)19-13(14(15,16)17)20-12(18)10-8-6-5-7-9-10/h5-9,11,13H,3-4H2,1-2H3/t13-/m0/s1. The van der Waals surface area contributed by atoms with Gasteiger partial charge in [-0.1, -0.05) is 32.0 Å². The molecule has 0 aliphatic heterocycles. The van der Waals surface area contributed by atoms with Crippen LogP contribution in [0.4, 0.5) is 13.2 Å². The summed E-state index contributed by atoms with van der Waals surface area (Å²) in [5.41, 5.74) is 0.0508. The Hall–Kier alpha value is -1.56. The second kappa shape index (κ2) is 7.28. The highest BCUT2D eigenvalue weighted by Gasteiger charge is 2.45. The summed E-state index contributed by atoms with van der Waals surface area (Å²) in [6, 6.07) is 7.50. The summed E-state index contributed by atoms with van der Waals surface area (Å²) in [6.45, 7) is 3.42. The molecule has 0 aromatic heterocycles. The lowest BCUT2D eigenvalue weighted by Crippen LogP contribution is -2.39. The molecule has 0 fully saturated rings. The van der Waals surface area contributed by atoms with Crippen molar-refractivity contribution in [1.82, 2.24) is 0 Å². The van der Waals surface area contributed by atoms with Crippen molar-refractivity contribution < 1.29 is 27.4 Å². The van der Waals surface area contributed by atoms with Gasteiger partial charge in [0.25, 0.3) is 0 Å². The average molecular weight is 290 g/mol.